The molecule has 1 fully saturated rings. The number of fused-ring (bicyclic) bond motifs is 5. The summed E-state index contributed by atoms with van der Waals surface area (Å²) in [6, 6.07) is 14.7. The summed E-state index contributed by atoms with van der Waals surface area (Å²) >= 11 is 3.14. The first-order valence-electron chi connectivity index (χ1n) is 33.3. The quantitative estimate of drug-likeness (QED) is 0.0677. The molecule has 3 aromatic heterocycles. The summed E-state index contributed by atoms with van der Waals surface area (Å²) < 4.78 is 15.0. The summed E-state index contributed by atoms with van der Waals surface area (Å²) in [5.41, 5.74) is 9.37. The fraction of sp³-hybridized carbons (Fsp3) is 0.423. The number of unbranched alkanes of at least 4 members (excludes halogenated alkanes) is 1. The van der Waals surface area contributed by atoms with Crippen molar-refractivity contribution in [2.45, 2.75) is 144 Å². The molecule has 2 bridgehead atoms. The van der Waals surface area contributed by atoms with Crippen LogP contribution in [-0.4, -0.2) is 197 Å². The molecule has 5 heterocycles. The molecule has 2 aliphatic heterocycles. The van der Waals surface area contributed by atoms with Crippen LogP contribution in [0.4, 0.5) is 4.39 Å². The molecule has 8 atom stereocenters. The summed E-state index contributed by atoms with van der Waals surface area (Å²) in [7, 11) is 2.72. The van der Waals surface area contributed by atoms with Crippen LogP contribution in [0.2, 0.25) is 0 Å². The number of phenols is 1. The van der Waals surface area contributed by atoms with E-state index in [1.807, 2.05) is 30.3 Å². The smallest absolute Gasteiger partial charge is 0.305 e. The number of halogens is 1. The number of nitrogens with zero attached hydrogens (tertiary/aromatic N) is 4. The fourth-order valence-electron chi connectivity index (χ4n) is 12.7. The number of thioether (sulfide) groups is 2. The number of aliphatic carboxylic acids is 1. The monoisotopic (exact) mass is 1410 g/mol. The summed E-state index contributed by atoms with van der Waals surface area (Å²) in [6.07, 6.45) is 5.90. The maximum absolute atomic E-state index is 15.4. The number of H-pyrrole nitrogens is 3. The van der Waals surface area contributed by atoms with Crippen molar-refractivity contribution < 1.29 is 62.5 Å². The number of aromatic hydroxyl groups is 1. The standard InChI is InChI=1S/C71H87FN14O12S2/c1-42-67(95)84(3)59(32-47-37-76-53-14-6-5-13-51(47)53)66(94)82-56(31-46-36-77-54-21-18-48(72)33-52(46)54)64(92)81-57(35-62(89)90)65(93)83-58(34-49-38-74-41-78-49)68(96)85(4)60(30-43-16-19-50(87)20-17-43)69(97)86-26-10-23-71(86,2)70(98)75-25-28-100-40-45-12-9-11-44(29-45)39-99-27-22-61(88)80-55(63(91)79-42)15-7-8-24-73/h5-6,9,11-14,16-21,29,33,36-38,41-42,55-60,76-77,87H,7-8,10,15,22-28,30-32,34-35,39-40,73H2,1-4H3,(H,74,78)(H,75,98)(H,79,91)(H,80,88)(H,81,92)(H,82,94)(H,83,93)(H,89,90)/t42-,55+,56+,57+,58+,59+,60+,71+/m1/s1. The Bertz CT molecular complexity index is 4060. The molecular formula is C71H87FN14O12S2. The molecule has 9 amide bonds. The molecular weight excluding hydrogens is 1320 g/mol. The number of benzene rings is 4. The third-order valence-electron chi connectivity index (χ3n) is 18.3. The van der Waals surface area contributed by atoms with Crippen LogP contribution in [0, 0.1) is 5.82 Å². The Morgan fingerprint density at radius 3 is 2.04 bits per heavy atom. The van der Waals surface area contributed by atoms with E-state index < -0.39 is 120 Å². The lowest BCUT2D eigenvalue weighted by Crippen LogP contribution is -2.62. The van der Waals surface area contributed by atoms with E-state index in [1.165, 1.54) is 75.0 Å². The number of carboxylic acids is 1. The third kappa shape index (κ3) is 19.4. The van der Waals surface area contributed by atoms with Crippen molar-refractivity contribution in [3.8, 4) is 5.75 Å². The Labute approximate surface area is 586 Å². The zero-order valence-corrected chi connectivity index (χ0v) is 57.9. The predicted molar refractivity (Wildman–Crippen MR) is 377 cm³/mol. The van der Waals surface area contributed by atoms with Crippen molar-refractivity contribution >= 4 is 104 Å². The maximum atomic E-state index is 15.4. The Morgan fingerprint density at radius 1 is 0.670 bits per heavy atom. The number of nitrogens with two attached hydrogens (primary N) is 1. The van der Waals surface area contributed by atoms with E-state index in [9.17, 15) is 39.0 Å². The minimum Gasteiger partial charge on any atom is -0.508 e. The van der Waals surface area contributed by atoms with Crippen LogP contribution in [-0.2, 0) is 85.1 Å². The zero-order valence-electron chi connectivity index (χ0n) is 56.3. The predicted octanol–water partition coefficient (Wildman–Crippen LogP) is 4.26. The lowest BCUT2D eigenvalue weighted by atomic mass is 9.95. The topological polar surface area (TPSA) is 379 Å². The van der Waals surface area contributed by atoms with E-state index in [4.69, 9.17) is 5.73 Å². The fourth-order valence-corrected chi connectivity index (χ4v) is 14.4. The van der Waals surface area contributed by atoms with Gasteiger partial charge in [0.15, 0.2) is 0 Å². The number of aromatic amines is 3. The number of aromatic nitrogens is 4. The minimum absolute atomic E-state index is 0.0575. The van der Waals surface area contributed by atoms with Gasteiger partial charge < -0.3 is 77.5 Å². The molecule has 7 aromatic rings. The first kappa shape index (κ1) is 74.5. The van der Waals surface area contributed by atoms with Gasteiger partial charge in [0.1, 0.15) is 59.4 Å². The first-order valence-corrected chi connectivity index (χ1v) is 35.7. The number of carboxylic acid groups (broad SMARTS) is 1. The molecule has 13 N–H and O–H groups in total. The van der Waals surface area contributed by atoms with Gasteiger partial charge in [-0.25, -0.2) is 9.37 Å². The summed E-state index contributed by atoms with van der Waals surface area (Å²) in [4.78, 5) is 163. The van der Waals surface area contributed by atoms with E-state index in [-0.39, 0.29) is 62.5 Å². The van der Waals surface area contributed by atoms with Crippen molar-refractivity contribution in [3.63, 3.8) is 0 Å². The number of hydrogen-bond donors (Lipinski definition) is 12. The number of likely N-dealkylation sites (N-methyl/N-ethyl adjacent to an activating group) is 2. The van der Waals surface area contributed by atoms with Gasteiger partial charge >= 0.3 is 5.97 Å². The second-order valence-corrected chi connectivity index (χ2v) is 27.8. The number of phenolic OH excluding ortho intramolecular Hbond substituents is 1. The van der Waals surface area contributed by atoms with Crippen molar-refractivity contribution in [3.05, 3.63) is 155 Å². The Kier molecular flexibility index (Phi) is 26.0. The molecule has 532 valence electrons. The highest BCUT2D eigenvalue weighted by atomic mass is 32.2. The Hall–Kier alpha value is -9.74. The number of amides is 9. The first-order chi connectivity index (χ1) is 48.0. The molecule has 100 heavy (non-hydrogen) atoms. The summed E-state index contributed by atoms with van der Waals surface area (Å²) in [5, 5.41) is 38.3. The van der Waals surface area contributed by atoms with Crippen LogP contribution in [0.5, 0.6) is 5.75 Å². The Morgan fingerprint density at radius 2 is 1.33 bits per heavy atom. The van der Waals surface area contributed by atoms with E-state index in [1.54, 1.807) is 60.9 Å². The van der Waals surface area contributed by atoms with Crippen LogP contribution in [0.25, 0.3) is 21.8 Å². The lowest BCUT2D eigenvalue weighted by molar-refractivity contribution is -0.152. The summed E-state index contributed by atoms with van der Waals surface area (Å²) in [5.74, 6) is -6.91. The molecule has 29 heteroatoms. The van der Waals surface area contributed by atoms with Crippen molar-refractivity contribution in [1.29, 1.82) is 0 Å². The van der Waals surface area contributed by atoms with Gasteiger partial charge in [0.2, 0.25) is 53.2 Å². The van der Waals surface area contributed by atoms with Crippen molar-refractivity contribution in [2.75, 3.05) is 45.2 Å². The molecule has 9 rings (SSSR count). The van der Waals surface area contributed by atoms with Crippen LogP contribution >= 0.6 is 23.5 Å². The maximum Gasteiger partial charge on any atom is 0.305 e. The van der Waals surface area contributed by atoms with Gasteiger partial charge in [0.25, 0.3) is 0 Å². The number of nitrogens with one attached hydrogen (secondary N) is 9. The summed E-state index contributed by atoms with van der Waals surface area (Å²) in [6.45, 7) is 3.86. The molecule has 26 nitrogen and oxygen atoms in total. The number of imidazole rings is 1. The highest BCUT2D eigenvalue weighted by Crippen LogP contribution is 2.32. The second-order valence-electron chi connectivity index (χ2n) is 25.6. The van der Waals surface area contributed by atoms with Crippen LogP contribution in [0.15, 0.2) is 116 Å². The van der Waals surface area contributed by atoms with E-state index in [0.717, 1.165) is 20.9 Å². The highest BCUT2D eigenvalue weighted by Gasteiger charge is 2.49. The van der Waals surface area contributed by atoms with Gasteiger partial charge in [0.05, 0.1) is 18.4 Å². The molecule has 1 saturated heterocycles. The van der Waals surface area contributed by atoms with Crippen LogP contribution in [0.3, 0.4) is 0 Å². The van der Waals surface area contributed by atoms with E-state index in [0.29, 0.717) is 93.7 Å². The number of carbonyl (C=O) groups is 10. The number of hydrogen-bond acceptors (Lipinski definition) is 15. The van der Waals surface area contributed by atoms with E-state index in [2.05, 4.69) is 57.9 Å². The normalized spacial score (nSPS) is 23.1. The average Bonchev–Trinajstić information content (AvgIpc) is 1.51. The van der Waals surface area contributed by atoms with Crippen LogP contribution < -0.4 is 37.6 Å². The van der Waals surface area contributed by atoms with Gasteiger partial charge in [-0.05, 0) is 117 Å². The van der Waals surface area contributed by atoms with Crippen molar-refractivity contribution in [2.24, 2.45) is 5.73 Å². The number of para-hydroxylation sites is 1. The molecule has 0 unspecified atom stereocenters. The van der Waals surface area contributed by atoms with Gasteiger partial charge in [-0.1, -0.05) is 54.6 Å². The molecule has 0 aliphatic carbocycles. The number of carbonyl (C=O) groups excluding carboxylic acids is 9. The largest absolute Gasteiger partial charge is 0.508 e. The zero-order chi connectivity index (χ0) is 71.6. The van der Waals surface area contributed by atoms with Gasteiger partial charge in [-0.15, -0.1) is 0 Å². The molecule has 0 spiro atoms. The third-order valence-corrected chi connectivity index (χ3v) is 20.4. The molecule has 4 aromatic carbocycles. The van der Waals surface area contributed by atoms with Crippen molar-refractivity contribution in [1.82, 2.24) is 66.5 Å². The molecule has 2 aliphatic rings. The van der Waals surface area contributed by atoms with Gasteiger partial charge in [-0.2, -0.15) is 23.5 Å². The average molecular weight is 1410 g/mol. The van der Waals surface area contributed by atoms with E-state index >= 15 is 23.6 Å². The number of rotatable bonds is 14. The van der Waals surface area contributed by atoms with Crippen LogP contribution in [0.1, 0.15) is 92.3 Å². The second kappa shape index (κ2) is 34.8. The lowest BCUT2D eigenvalue weighted by Gasteiger charge is -2.39. The van der Waals surface area contributed by atoms with Gasteiger partial charge in [0, 0.05) is 123 Å². The highest BCUT2D eigenvalue weighted by molar-refractivity contribution is 7.98. The van der Waals surface area contributed by atoms with Gasteiger partial charge in [-0.3, -0.25) is 47.9 Å². The SMILES string of the molecule is C[C@H]1NC(=O)[C@H](CCCCN)NC(=O)CCSCc2cccc(c2)CSCCNC(=O)[C@]2(C)CCCN2C(=O)[C@H](Cc2ccc(O)cc2)N(C)C(=O)[C@H](Cc2c[nH]cn2)NC(=O)[C@H](CC(=O)O)NC(=O)[C@H](Cc2c[nH]c3ccc(F)cc23)NC(=O)[C@H](Cc2c[nH]c3ccccc23)N(C)C1=O. The Balaban J connectivity index is 1.07. The minimum atomic E-state index is -1.98. The molecule has 0 saturated carbocycles. The molecule has 0 radical (unpaired) electrons.